The highest BCUT2D eigenvalue weighted by Crippen LogP contribution is 2.29. The molecule has 0 fully saturated rings. The Kier molecular flexibility index (Phi) is 4.76. The molecule has 0 spiro atoms. The number of benzene rings is 1. The summed E-state index contributed by atoms with van der Waals surface area (Å²) < 4.78 is 7.05. The van der Waals surface area contributed by atoms with Crippen LogP contribution in [0.3, 0.4) is 0 Å². The number of rotatable bonds is 5. The van der Waals surface area contributed by atoms with Crippen molar-refractivity contribution in [1.29, 1.82) is 0 Å². The van der Waals surface area contributed by atoms with Gasteiger partial charge in [0.1, 0.15) is 6.10 Å². The first-order chi connectivity index (χ1) is 9.17. The zero-order valence-corrected chi connectivity index (χ0v) is 12.3. The molecule has 3 N–H and O–H groups in total. The van der Waals surface area contributed by atoms with Crippen molar-refractivity contribution in [2.45, 2.75) is 10.4 Å². The number of nitrogens with zero attached hydrogens (tertiary/aromatic N) is 1. The van der Waals surface area contributed by atoms with Gasteiger partial charge in [-0.15, -0.1) is 11.3 Å². The van der Waals surface area contributed by atoms with Gasteiger partial charge in [0.25, 0.3) is 5.91 Å². The highest BCUT2D eigenvalue weighted by Gasteiger charge is 2.16. The van der Waals surface area contributed by atoms with Crippen LogP contribution in [-0.4, -0.2) is 36.9 Å². The van der Waals surface area contributed by atoms with Crippen molar-refractivity contribution in [3.8, 4) is 0 Å². The first-order valence-corrected chi connectivity index (χ1v) is 7.70. The molecule has 1 aromatic carbocycles. The average Bonchev–Trinajstić information content (AvgIpc) is 2.82. The minimum atomic E-state index is -0.626. The van der Waals surface area contributed by atoms with Crippen molar-refractivity contribution in [3.63, 3.8) is 0 Å². The van der Waals surface area contributed by atoms with E-state index in [1.54, 1.807) is 23.1 Å². The van der Waals surface area contributed by atoms with Crippen molar-refractivity contribution < 1.29 is 9.53 Å². The number of methoxy groups -OCH3 is 1. The van der Waals surface area contributed by atoms with Gasteiger partial charge in [-0.2, -0.15) is 0 Å². The lowest BCUT2D eigenvalue weighted by Crippen LogP contribution is -2.35. The number of nitrogens with one attached hydrogen (secondary N) is 1. The standard InChI is InChI=1S/C12H15N3O2S2/c1-17-9(6-13)11(16)14-7-3-4-8-10(5-7)19-12(15-8)18-2/h3-5,9H,6,13H2,1-2H3,(H,14,16). The third-order valence-corrected chi connectivity index (χ3v) is 4.61. The van der Waals surface area contributed by atoms with Crippen molar-refractivity contribution in [3.05, 3.63) is 18.2 Å². The molecule has 0 aliphatic rings. The Morgan fingerprint density at radius 1 is 1.63 bits per heavy atom. The molecule has 102 valence electrons. The predicted molar refractivity (Wildman–Crippen MR) is 79.9 cm³/mol. The molecule has 0 bridgehead atoms. The molecule has 0 aliphatic carbocycles. The second kappa shape index (κ2) is 6.33. The fourth-order valence-corrected chi connectivity index (χ4v) is 3.13. The minimum absolute atomic E-state index is 0.155. The van der Waals surface area contributed by atoms with Crippen LogP contribution in [0.4, 0.5) is 5.69 Å². The minimum Gasteiger partial charge on any atom is -0.370 e. The molecule has 0 aliphatic heterocycles. The molecular weight excluding hydrogens is 282 g/mol. The van der Waals surface area contributed by atoms with E-state index >= 15 is 0 Å². The van der Waals surface area contributed by atoms with Crippen LogP contribution in [0.5, 0.6) is 0 Å². The third kappa shape index (κ3) is 3.24. The molecule has 1 atom stereocenters. The van der Waals surface area contributed by atoms with Crippen molar-refractivity contribution in [2.75, 3.05) is 25.2 Å². The van der Waals surface area contributed by atoms with Gasteiger partial charge in [-0.1, -0.05) is 11.8 Å². The van der Waals surface area contributed by atoms with Gasteiger partial charge in [0.15, 0.2) is 4.34 Å². The second-order valence-electron chi connectivity index (χ2n) is 3.82. The molecule has 2 aromatic rings. The summed E-state index contributed by atoms with van der Waals surface area (Å²) in [6.07, 6.45) is 1.36. The van der Waals surface area contributed by atoms with E-state index in [1.165, 1.54) is 7.11 Å². The molecule has 1 aromatic heterocycles. The van der Waals surface area contributed by atoms with Crippen LogP contribution in [0.25, 0.3) is 10.2 Å². The number of hydrogen-bond acceptors (Lipinski definition) is 6. The number of carbonyl (C=O) groups is 1. The maximum Gasteiger partial charge on any atom is 0.254 e. The van der Waals surface area contributed by atoms with E-state index in [2.05, 4.69) is 10.3 Å². The largest absolute Gasteiger partial charge is 0.370 e. The zero-order chi connectivity index (χ0) is 13.8. The average molecular weight is 297 g/mol. The molecule has 7 heteroatoms. The van der Waals surface area contributed by atoms with E-state index in [0.29, 0.717) is 0 Å². The molecule has 1 unspecified atom stereocenters. The third-order valence-electron chi connectivity index (χ3n) is 2.60. The SMILES string of the molecule is COC(CN)C(=O)Nc1ccc2nc(SC)sc2c1. The predicted octanol–water partition coefficient (Wildman–Crippen LogP) is 1.93. The number of anilines is 1. The molecule has 5 nitrogen and oxygen atoms in total. The van der Waals surface area contributed by atoms with Crippen LogP contribution >= 0.6 is 23.1 Å². The molecule has 2 rings (SSSR count). The number of nitrogens with two attached hydrogens (primary N) is 1. The summed E-state index contributed by atoms with van der Waals surface area (Å²) in [5, 5.41) is 2.79. The van der Waals surface area contributed by atoms with Gasteiger partial charge in [0.2, 0.25) is 0 Å². The van der Waals surface area contributed by atoms with Crippen LogP contribution in [0, 0.1) is 0 Å². The first kappa shape index (κ1) is 14.3. The number of hydrogen-bond donors (Lipinski definition) is 2. The lowest BCUT2D eigenvalue weighted by Gasteiger charge is -2.12. The van der Waals surface area contributed by atoms with Gasteiger partial charge in [-0.05, 0) is 24.5 Å². The summed E-state index contributed by atoms with van der Waals surface area (Å²) in [4.78, 5) is 16.3. The van der Waals surface area contributed by atoms with Crippen LogP contribution in [0.2, 0.25) is 0 Å². The Morgan fingerprint density at radius 2 is 2.42 bits per heavy atom. The molecule has 0 saturated heterocycles. The smallest absolute Gasteiger partial charge is 0.254 e. The van der Waals surface area contributed by atoms with Gasteiger partial charge >= 0.3 is 0 Å². The second-order valence-corrected chi connectivity index (χ2v) is 5.90. The topological polar surface area (TPSA) is 77.2 Å². The number of ether oxygens (including phenoxy) is 1. The summed E-state index contributed by atoms with van der Waals surface area (Å²) in [6, 6.07) is 5.63. The van der Waals surface area contributed by atoms with Gasteiger partial charge < -0.3 is 15.8 Å². The molecule has 0 radical (unpaired) electrons. The summed E-state index contributed by atoms with van der Waals surface area (Å²) in [5.41, 5.74) is 7.12. The number of fused-ring (bicyclic) bond motifs is 1. The number of thiazole rings is 1. The summed E-state index contributed by atoms with van der Waals surface area (Å²) in [6.45, 7) is 0.155. The van der Waals surface area contributed by atoms with Gasteiger partial charge in [0.05, 0.1) is 10.2 Å². The first-order valence-electron chi connectivity index (χ1n) is 5.66. The number of aromatic nitrogens is 1. The van der Waals surface area contributed by atoms with Crippen LogP contribution in [0.1, 0.15) is 0 Å². The van der Waals surface area contributed by atoms with E-state index < -0.39 is 6.10 Å². The fourth-order valence-electron chi connectivity index (χ4n) is 1.60. The Hall–Kier alpha value is -1.15. The van der Waals surface area contributed by atoms with Crippen molar-refractivity contribution >= 4 is 44.9 Å². The maximum absolute atomic E-state index is 11.8. The normalized spacial score (nSPS) is 12.6. The highest BCUT2D eigenvalue weighted by atomic mass is 32.2. The van der Waals surface area contributed by atoms with Crippen molar-refractivity contribution in [2.24, 2.45) is 5.73 Å². The maximum atomic E-state index is 11.8. The quantitative estimate of drug-likeness (QED) is 0.825. The van der Waals surface area contributed by atoms with Crippen LogP contribution in [-0.2, 0) is 9.53 Å². The molecule has 0 saturated carbocycles. The van der Waals surface area contributed by atoms with Crippen LogP contribution in [0.15, 0.2) is 22.5 Å². The molecule has 1 amide bonds. The number of carbonyl (C=O) groups excluding carboxylic acids is 1. The highest BCUT2D eigenvalue weighted by molar-refractivity contribution is 8.00. The van der Waals surface area contributed by atoms with Crippen LogP contribution < -0.4 is 11.1 Å². The molecule has 1 heterocycles. The van der Waals surface area contributed by atoms with E-state index in [9.17, 15) is 4.79 Å². The lowest BCUT2D eigenvalue weighted by atomic mass is 10.2. The molecule has 19 heavy (non-hydrogen) atoms. The van der Waals surface area contributed by atoms with E-state index in [4.69, 9.17) is 10.5 Å². The van der Waals surface area contributed by atoms with E-state index in [1.807, 2.05) is 24.5 Å². The van der Waals surface area contributed by atoms with E-state index in [0.717, 1.165) is 20.2 Å². The van der Waals surface area contributed by atoms with Crippen molar-refractivity contribution in [1.82, 2.24) is 4.98 Å². The Balaban J connectivity index is 2.19. The van der Waals surface area contributed by atoms with Gasteiger partial charge in [0, 0.05) is 19.3 Å². The summed E-state index contributed by atoms with van der Waals surface area (Å²) in [5.74, 6) is -0.237. The van der Waals surface area contributed by atoms with Gasteiger partial charge in [-0.3, -0.25) is 4.79 Å². The number of thioether (sulfide) groups is 1. The summed E-state index contributed by atoms with van der Waals surface area (Å²) in [7, 11) is 1.47. The fraction of sp³-hybridized carbons (Fsp3) is 0.333. The number of amides is 1. The van der Waals surface area contributed by atoms with E-state index in [-0.39, 0.29) is 12.5 Å². The lowest BCUT2D eigenvalue weighted by molar-refractivity contribution is -0.125. The Morgan fingerprint density at radius 3 is 3.05 bits per heavy atom. The Labute approximate surface area is 119 Å². The summed E-state index contributed by atoms with van der Waals surface area (Å²) >= 11 is 3.21. The van der Waals surface area contributed by atoms with Gasteiger partial charge in [-0.25, -0.2) is 4.98 Å². The molecular formula is C12H15N3O2S2. The Bertz CT molecular complexity index is 581. The monoisotopic (exact) mass is 297 g/mol. The zero-order valence-electron chi connectivity index (χ0n) is 10.7.